The van der Waals surface area contributed by atoms with Crippen molar-refractivity contribution in [1.82, 2.24) is 9.97 Å². The first-order valence-corrected chi connectivity index (χ1v) is 10.1. The molecule has 31 heavy (non-hydrogen) atoms. The molecule has 154 valence electrons. The van der Waals surface area contributed by atoms with Crippen LogP contribution in [0, 0.1) is 20.8 Å². The lowest BCUT2D eigenvalue weighted by atomic mass is 10.1. The third-order valence-electron chi connectivity index (χ3n) is 4.88. The SMILES string of the molecule is Cc1cc(C)cc(NC(=O)c2ccc(Nc3cc(-c4cccc(C)c4)ncn3)cc2)c1. The maximum absolute atomic E-state index is 12.6. The number of aromatic nitrogens is 2. The van der Waals surface area contributed by atoms with Crippen molar-refractivity contribution < 1.29 is 4.79 Å². The van der Waals surface area contributed by atoms with Gasteiger partial charge in [-0.3, -0.25) is 4.79 Å². The van der Waals surface area contributed by atoms with Gasteiger partial charge in [0.25, 0.3) is 5.91 Å². The molecule has 0 fully saturated rings. The molecule has 0 aliphatic carbocycles. The molecule has 0 saturated heterocycles. The number of hydrogen-bond donors (Lipinski definition) is 2. The summed E-state index contributed by atoms with van der Waals surface area (Å²) in [6.45, 7) is 6.09. The summed E-state index contributed by atoms with van der Waals surface area (Å²) in [4.78, 5) is 21.3. The molecule has 4 rings (SSSR count). The fourth-order valence-corrected chi connectivity index (χ4v) is 3.49. The summed E-state index contributed by atoms with van der Waals surface area (Å²) in [5.41, 5.74) is 7.54. The van der Waals surface area contributed by atoms with Crippen LogP contribution in [0.1, 0.15) is 27.0 Å². The van der Waals surface area contributed by atoms with E-state index in [4.69, 9.17) is 0 Å². The predicted octanol–water partition coefficient (Wildman–Crippen LogP) is 6.06. The van der Waals surface area contributed by atoms with Gasteiger partial charge in [-0.2, -0.15) is 0 Å². The van der Waals surface area contributed by atoms with E-state index in [0.717, 1.165) is 33.8 Å². The summed E-state index contributed by atoms with van der Waals surface area (Å²) in [5.74, 6) is 0.555. The molecule has 5 heteroatoms. The molecule has 0 spiro atoms. The van der Waals surface area contributed by atoms with Gasteiger partial charge in [-0.15, -0.1) is 0 Å². The number of benzene rings is 3. The molecule has 1 aromatic heterocycles. The van der Waals surface area contributed by atoms with Crippen molar-refractivity contribution in [3.63, 3.8) is 0 Å². The molecular formula is C26H24N4O. The van der Waals surface area contributed by atoms with Gasteiger partial charge in [0, 0.05) is 28.6 Å². The van der Waals surface area contributed by atoms with E-state index in [2.05, 4.69) is 45.7 Å². The second kappa shape index (κ2) is 8.79. The van der Waals surface area contributed by atoms with Crippen molar-refractivity contribution in [1.29, 1.82) is 0 Å². The van der Waals surface area contributed by atoms with Crippen LogP contribution in [0.4, 0.5) is 17.2 Å². The van der Waals surface area contributed by atoms with E-state index in [1.807, 2.05) is 56.3 Å². The standard InChI is InChI=1S/C26H24N4O/c1-17-5-4-6-21(12-17)24-15-25(28-16-27-24)29-22-9-7-20(8-10-22)26(31)30-23-13-18(2)11-19(3)14-23/h4-16H,1-3H3,(H,30,31)(H,27,28,29). The number of anilines is 3. The highest BCUT2D eigenvalue weighted by Gasteiger charge is 2.08. The lowest BCUT2D eigenvalue weighted by Gasteiger charge is -2.10. The Kier molecular flexibility index (Phi) is 5.76. The number of carbonyl (C=O) groups excluding carboxylic acids is 1. The van der Waals surface area contributed by atoms with Crippen molar-refractivity contribution >= 4 is 23.1 Å². The van der Waals surface area contributed by atoms with Crippen LogP contribution >= 0.6 is 0 Å². The van der Waals surface area contributed by atoms with Gasteiger partial charge in [0.2, 0.25) is 0 Å². The Labute approximate surface area is 182 Å². The summed E-state index contributed by atoms with van der Waals surface area (Å²) in [6.07, 6.45) is 1.55. The summed E-state index contributed by atoms with van der Waals surface area (Å²) < 4.78 is 0. The highest BCUT2D eigenvalue weighted by Crippen LogP contribution is 2.22. The van der Waals surface area contributed by atoms with Gasteiger partial charge in [0.15, 0.2) is 0 Å². The van der Waals surface area contributed by atoms with Crippen molar-refractivity contribution in [3.05, 3.63) is 101 Å². The quantitative estimate of drug-likeness (QED) is 0.421. The van der Waals surface area contributed by atoms with Crippen LogP contribution in [0.15, 0.2) is 79.1 Å². The van der Waals surface area contributed by atoms with E-state index in [0.29, 0.717) is 11.4 Å². The van der Waals surface area contributed by atoms with Gasteiger partial charge in [-0.1, -0.05) is 29.8 Å². The molecule has 5 nitrogen and oxygen atoms in total. The van der Waals surface area contributed by atoms with Crippen LogP contribution < -0.4 is 10.6 Å². The second-order valence-corrected chi connectivity index (χ2v) is 7.69. The number of aryl methyl sites for hydroxylation is 3. The molecular weight excluding hydrogens is 384 g/mol. The Morgan fingerprint density at radius 2 is 1.48 bits per heavy atom. The average molecular weight is 409 g/mol. The fourth-order valence-electron chi connectivity index (χ4n) is 3.49. The first-order chi connectivity index (χ1) is 15.0. The molecule has 2 N–H and O–H groups in total. The van der Waals surface area contributed by atoms with Crippen molar-refractivity contribution in [3.8, 4) is 11.3 Å². The topological polar surface area (TPSA) is 66.9 Å². The second-order valence-electron chi connectivity index (χ2n) is 7.69. The van der Waals surface area contributed by atoms with Crippen LogP contribution in [0.2, 0.25) is 0 Å². The molecule has 0 radical (unpaired) electrons. The zero-order valence-electron chi connectivity index (χ0n) is 17.8. The first kappa shape index (κ1) is 20.3. The largest absolute Gasteiger partial charge is 0.340 e. The smallest absolute Gasteiger partial charge is 0.255 e. The number of hydrogen-bond acceptors (Lipinski definition) is 4. The Hall–Kier alpha value is -3.99. The number of rotatable bonds is 5. The normalized spacial score (nSPS) is 10.5. The zero-order valence-corrected chi connectivity index (χ0v) is 17.8. The minimum Gasteiger partial charge on any atom is -0.340 e. The minimum absolute atomic E-state index is 0.139. The summed E-state index contributed by atoms with van der Waals surface area (Å²) in [7, 11) is 0. The summed E-state index contributed by atoms with van der Waals surface area (Å²) in [5, 5.41) is 6.24. The number of nitrogens with one attached hydrogen (secondary N) is 2. The minimum atomic E-state index is -0.139. The van der Waals surface area contributed by atoms with Crippen LogP contribution in [0.3, 0.4) is 0 Å². The third kappa shape index (κ3) is 5.14. The Balaban J connectivity index is 1.46. The monoisotopic (exact) mass is 408 g/mol. The van der Waals surface area contributed by atoms with Gasteiger partial charge in [0.05, 0.1) is 5.69 Å². The van der Waals surface area contributed by atoms with Crippen LogP contribution in [-0.2, 0) is 0 Å². The summed E-state index contributed by atoms with van der Waals surface area (Å²) in [6, 6.07) is 23.4. The molecule has 0 bridgehead atoms. The van der Waals surface area contributed by atoms with Crippen LogP contribution in [0.25, 0.3) is 11.3 Å². The highest BCUT2D eigenvalue weighted by atomic mass is 16.1. The number of nitrogens with zero attached hydrogens (tertiary/aromatic N) is 2. The van der Waals surface area contributed by atoms with E-state index in [-0.39, 0.29) is 5.91 Å². The van der Waals surface area contributed by atoms with E-state index in [1.54, 1.807) is 18.5 Å². The Bertz CT molecular complexity index is 1210. The fraction of sp³-hybridized carbons (Fsp3) is 0.115. The molecule has 4 aromatic rings. The molecule has 1 heterocycles. The van der Waals surface area contributed by atoms with Gasteiger partial charge in [0.1, 0.15) is 12.1 Å². The van der Waals surface area contributed by atoms with Crippen molar-refractivity contribution in [2.45, 2.75) is 20.8 Å². The van der Waals surface area contributed by atoms with E-state index < -0.39 is 0 Å². The highest BCUT2D eigenvalue weighted by molar-refractivity contribution is 6.04. The lowest BCUT2D eigenvalue weighted by molar-refractivity contribution is 0.102. The molecule has 0 unspecified atom stereocenters. The molecule has 0 aliphatic rings. The van der Waals surface area contributed by atoms with Crippen LogP contribution in [0.5, 0.6) is 0 Å². The van der Waals surface area contributed by atoms with Gasteiger partial charge >= 0.3 is 0 Å². The average Bonchev–Trinajstić information content (AvgIpc) is 2.74. The molecule has 0 atom stereocenters. The third-order valence-corrected chi connectivity index (χ3v) is 4.88. The van der Waals surface area contributed by atoms with Gasteiger partial charge in [-0.25, -0.2) is 9.97 Å². The number of amides is 1. The van der Waals surface area contributed by atoms with E-state index >= 15 is 0 Å². The molecule has 0 aliphatic heterocycles. The summed E-state index contributed by atoms with van der Waals surface area (Å²) >= 11 is 0. The molecule has 1 amide bonds. The Morgan fingerprint density at radius 3 is 2.19 bits per heavy atom. The van der Waals surface area contributed by atoms with Gasteiger partial charge in [-0.05, 0) is 74.4 Å². The molecule has 3 aromatic carbocycles. The lowest BCUT2D eigenvalue weighted by Crippen LogP contribution is -2.12. The maximum atomic E-state index is 12.6. The zero-order chi connectivity index (χ0) is 21.8. The van der Waals surface area contributed by atoms with Crippen molar-refractivity contribution in [2.75, 3.05) is 10.6 Å². The van der Waals surface area contributed by atoms with E-state index in [9.17, 15) is 4.79 Å². The first-order valence-electron chi connectivity index (χ1n) is 10.1. The maximum Gasteiger partial charge on any atom is 0.255 e. The predicted molar refractivity (Wildman–Crippen MR) is 126 cm³/mol. The number of carbonyl (C=O) groups is 1. The van der Waals surface area contributed by atoms with Gasteiger partial charge < -0.3 is 10.6 Å². The molecule has 0 saturated carbocycles. The van der Waals surface area contributed by atoms with Crippen molar-refractivity contribution in [2.24, 2.45) is 0 Å². The van der Waals surface area contributed by atoms with Crippen LogP contribution in [-0.4, -0.2) is 15.9 Å². The van der Waals surface area contributed by atoms with E-state index in [1.165, 1.54) is 5.56 Å². The Morgan fingerprint density at radius 1 is 0.742 bits per heavy atom.